The highest BCUT2D eigenvalue weighted by Crippen LogP contribution is 2.28. The number of hydrogen-bond donors (Lipinski definition) is 2. The van der Waals surface area contributed by atoms with Crippen molar-refractivity contribution in [1.29, 1.82) is 0 Å². The third-order valence-corrected chi connectivity index (χ3v) is 4.74. The Labute approximate surface area is 135 Å². The van der Waals surface area contributed by atoms with E-state index >= 15 is 0 Å². The van der Waals surface area contributed by atoms with Crippen molar-refractivity contribution in [1.82, 2.24) is 15.5 Å². The van der Waals surface area contributed by atoms with Crippen molar-refractivity contribution in [3.63, 3.8) is 0 Å². The Morgan fingerprint density at radius 2 is 1.76 bits per heavy atom. The summed E-state index contributed by atoms with van der Waals surface area (Å²) in [6.45, 7) is 10.2. The Bertz CT molecular complexity index is 313. The van der Waals surface area contributed by atoms with Gasteiger partial charge in [-0.2, -0.15) is 0 Å². The van der Waals surface area contributed by atoms with Gasteiger partial charge < -0.3 is 10.6 Å². The maximum Gasteiger partial charge on any atom is 0.234 e. The van der Waals surface area contributed by atoms with Gasteiger partial charge in [-0.15, -0.1) is 12.4 Å². The Balaban J connectivity index is 0.00000220. The van der Waals surface area contributed by atoms with Gasteiger partial charge in [0.25, 0.3) is 0 Å². The maximum absolute atomic E-state index is 12.0. The van der Waals surface area contributed by atoms with Gasteiger partial charge in [0.2, 0.25) is 5.91 Å². The monoisotopic (exact) mass is 317 g/mol. The average Bonchev–Trinajstić information content (AvgIpc) is 3.21. The number of hydrogen-bond acceptors (Lipinski definition) is 3. The molecule has 4 nitrogen and oxygen atoms in total. The lowest BCUT2D eigenvalue weighted by molar-refractivity contribution is -0.123. The van der Waals surface area contributed by atoms with Gasteiger partial charge in [-0.25, -0.2) is 0 Å². The minimum absolute atomic E-state index is 0. The third kappa shape index (κ3) is 6.98. The number of rotatable bonds is 7. The van der Waals surface area contributed by atoms with Crippen molar-refractivity contribution < 1.29 is 4.79 Å². The van der Waals surface area contributed by atoms with Gasteiger partial charge in [0.15, 0.2) is 0 Å². The molecule has 1 aliphatic carbocycles. The summed E-state index contributed by atoms with van der Waals surface area (Å²) in [5.41, 5.74) is 0. The number of amides is 1. The predicted octanol–water partition coefficient (Wildman–Crippen LogP) is 2.03. The van der Waals surface area contributed by atoms with Gasteiger partial charge in [-0.3, -0.25) is 9.69 Å². The van der Waals surface area contributed by atoms with E-state index in [1.807, 2.05) is 0 Å². The molecular weight excluding hydrogens is 286 g/mol. The molecule has 0 aromatic carbocycles. The fraction of sp³-hybridized carbons (Fsp3) is 0.938. The minimum Gasteiger partial charge on any atom is -0.352 e. The Kier molecular flexibility index (Phi) is 7.99. The molecule has 1 saturated heterocycles. The van der Waals surface area contributed by atoms with Gasteiger partial charge in [0, 0.05) is 25.2 Å². The lowest BCUT2D eigenvalue weighted by atomic mass is 10.0. The van der Waals surface area contributed by atoms with E-state index in [0.717, 1.165) is 19.0 Å². The van der Waals surface area contributed by atoms with Gasteiger partial charge in [-0.1, -0.05) is 13.8 Å². The van der Waals surface area contributed by atoms with Gasteiger partial charge in [-0.05, 0) is 51.0 Å². The molecule has 1 saturated carbocycles. The minimum atomic E-state index is 0. The molecule has 1 amide bonds. The second-order valence-electron chi connectivity index (χ2n) is 7.00. The van der Waals surface area contributed by atoms with Crippen LogP contribution >= 0.6 is 12.4 Å². The number of carbonyl (C=O) groups excluding carboxylic acids is 1. The number of likely N-dealkylation sites (tertiary alicyclic amines) is 1. The zero-order valence-electron chi connectivity index (χ0n) is 13.7. The first-order chi connectivity index (χ1) is 9.54. The zero-order chi connectivity index (χ0) is 14.5. The normalized spacial score (nSPS) is 21.9. The fourth-order valence-corrected chi connectivity index (χ4v) is 2.62. The molecule has 1 atom stereocenters. The standard InChI is InChI=1S/C16H31N3O.ClH/c1-12(2)13(3)18-16(20)11-19-8-6-15(7-9-19)17-10-14-4-5-14;/h12-15,17H,4-11H2,1-3H3,(H,18,20);1H. The van der Waals surface area contributed by atoms with Gasteiger partial charge >= 0.3 is 0 Å². The quantitative estimate of drug-likeness (QED) is 0.755. The van der Waals surface area contributed by atoms with Crippen molar-refractivity contribution >= 4 is 18.3 Å². The second-order valence-corrected chi connectivity index (χ2v) is 7.00. The van der Waals surface area contributed by atoms with Crippen LogP contribution in [0.25, 0.3) is 0 Å². The van der Waals surface area contributed by atoms with Crippen molar-refractivity contribution in [2.75, 3.05) is 26.2 Å². The average molecular weight is 318 g/mol. The topological polar surface area (TPSA) is 44.4 Å². The first kappa shape index (κ1) is 18.7. The summed E-state index contributed by atoms with van der Waals surface area (Å²) in [6, 6.07) is 0.935. The van der Waals surface area contributed by atoms with Crippen LogP contribution in [0.3, 0.4) is 0 Å². The molecule has 2 fully saturated rings. The Hall–Kier alpha value is -0.320. The zero-order valence-corrected chi connectivity index (χ0v) is 14.5. The second kappa shape index (κ2) is 8.96. The van der Waals surface area contributed by atoms with Crippen LogP contribution in [-0.4, -0.2) is 49.1 Å². The summed E-state index contributed by atoms with van der Waals surface area (Å²) >= 11 is 0. The van der Waals surface area contributed by atoms with E-state index in [1.165, 1.54) is 32.2 Å². The number of nitrogens with zero attached hydrogens (tertiary/aromatic N) is 1. The van der Waals surface area contributed by atoms with Crippen LogP contribution in [0.15, 0.2) is 0 Å². The number of halogens is 1. The van der Waals surface area contributed by atoms with E-state index in [1.54, 1.807) is 0 Å². The molecule has 0 radical (unpaired) electrons. The van der Waals surface area contributed by atoms with E-state index in [9.17, 15) is 4.79 Å². The molecule has 2 rings (SSSR count). The van der Waals surface area contributed by atoms with E-state index in [-0.39, 0.29) is 24.4 Å². The Morgan fingerprint density at radius 3 is 2.29 bits per heavy atom. The number of piperidine rings is 1. The summed E-state index contributed by atoms with van der Waals surface area (Å²) < 4.78 is 0. The number of nitrogens with one attached hydrogen (secondary N) is 2. The van der Waals surface area contributed by atoms with Gasteiger partial charge in [0.05, 0.1) is 6.54 Å². The first-order valence-electron chi connectivity index (χ1n) is 8.29. The molecule has 21 heavy (non-hydrogen) atoms. The van der Waals surface area contributed by atoms with Crippen LogP contribution in [0, 0.1) is 11.8 Å². The summed E-state index contributed by atoms with van der Waals surface area (Å²) in [4.78, 5) is 14.3. The molecule has 1 aliphatic heterocycles. The van der Waals surface area contributed by atoms with Crippen molar-refractivity contribution in [3.8, 4) is 0 Å². The van der Waals surface area contributed by atoms with Crippen molar-refractivity contribution in [2.45, 2.75) is 58.5 Å². The van der Waals surface area contributed by atoms with Crippen LogP contribution in [0.2, 0.25) is 0 Å². The molecular formula is C16H32ClN3O. The lowest BCUT2D eigenvalue weighted by Crippen LogP contribution is -2.48. The lowest BCUT2D eigenvalue weighted by Gasteiger charge is -2.32. The summed E-state index contributed by atoms with van der Waals surface area (Å²) in [6.07, 6.45) is 5.19. The highest BCUT2D eigenvalue weighted by molar-refractivity contribution is 5.85. The van der Waals surface area contributed by atoms with E-state index in [0.29, 0.717) is 18.5 Å². The maximum atomic E-state index is 12.0. The van der Waals surface area contributed by atoms with Gasteiger partial charge in [0.1, 0.15) is 0 Å². The van der Waals surface area contributed by atoms with E-state index in [2.05, 4.69) is 36.3 Å². The number of carbonyl (C=O) groups is 1. The smallest absolute Gasteiger partial charge is 0.234 e. The molecule has 5 heteroatoms. The third-order valence-electron chi connectivity index (χ3n) is 4.74. The molecule has 0 aromatic heterocycles. The largest absolute Gasteiger partial charge is 0.352 e. The van der Waals surface area contributed by atoms with Crippen molar-refractivity contribution in [2.24, 2.45) is 11.8 Å². The van der Waals surface area contributed by atoms with Crippen LogP contribution in [0.1, 0.15) is 46.5 Å². The molecule has 2 N–H and O–H groups in total. The summed E-state index contributed by atoms with van der Waals surface area (Å²) in [5.74, 6) is 1.63. The van der Waals surface area contributed by atoms with Crippen LogP contribution < -0.4 is 10.6 Å². The molecule has 124 valence electrons. The predicted molar refractivity (Wildman–Crippen MR) is 89.9 cm³/mol. The highest BCUT2D eigenvalue weighted by atomic mass is 35.5. The summed E-state index contributed by atoms with van der Waals surface area (Å²) in [7, 11) is 0. The summed E-state index contributed by atoms with van der Waals surface area (Å²) in [5, 5.41) is 6.77. The first-order valence-corrected chi connectivity index (χ1v) is 8.29. The Morgan fingerprint density at radius 1 is 1.14 bits per heavy atom. The molecule has 0 aromatic rings. The van der Waals surface area contributed by atoms with E-state index < -0.39 is 0 Å². The molecule has 1 heterocycles. The van der Waals surface area contributed by atoms with Crippen molar-refractivity contribution in [3.05, 3.63) is 0 Å². The fourth-order valence-electron chi connectivity index (χ4n) is 2.62. The molecule has 0 bridgehead atoms. The van der Waals surface area contributed by atoms with E-state index in [4.69, 9.17) is 0 Å². The van der Waals surface area contributed by atoms with Crippen LogP contribution in [-0.2, 0) is 4.79 Å². The highest BCUT2D eigenvalue weighted by Gasteiger charge is 2.25. The molecule has 2 aliphatic rings. The SMILES string of the molecule is CC(C)C(C)NC(=O)CN1CCC(NCC2CC2)CC1.Cl. The van der Waals surface area contributed by atoms with Crippen LogP contribution in [0.5, 0.6) is 0 Å². The van der Waals surface area contributed by atoms with Crippen LogP contribution in [0.4, 0.5) is 0 Å². The molecule has 1 unspecified atom stereocenters. The molecule has 0 spiro atoms.